The van der Waals surface area contributed by atoms with Crippen molar-refractivity contribution in [2.75, 3.05) is 0 Å². The van der Waals surface area contributed by atoms with Crippen molar-refractivity contribution in [2.24, 2.45) is 0 Å². The van der Waals surface area contributed by atoms with Crippen LogP contribution in [-0.2, 0) is 0 Å². The average Bonchev–Trinajstić information content (AvgIpc) is 2.69. The number of benzene rings is 1. The Bertz CT molecular complexity index is 371. The van der Waals surface area contributed by atoms with Gasteiger partial charge in [-0.3, -0.25) is 0 Å². The Morgan fingerprint density at radius 2 is 1.69 bits per heavy atom. The molecule has 0 unspecified atom stereocenters. The number of hydrogen-bond donors (Lipinski definition) is 0. The molecule has 0 saturated carbocycles. The summed E-state index contributed by atoms with van der Waals surface area (Å²) in [4.78, 5) is 2.23. The van der Waals surface area contributed by atoms with Crippen LogP contribution in [-0.4, -0.2) is 14.5 Å². The molecule has 0 saturated heterocycles. The topological polar surface area (TPSA) is 0 Å². The van der Waals surface area contributed by atoms with E-state index in [4.69, 9.17) is 0 Å². The Balaban J connectivity index is 2.15. The van der Waals surface area contributed by atoms with Gasteiger partial charge in [0.2, 0.25) is 0 Å². The summed E-state index contributed by atoms with van der Waals surface area (Å²) in [6.07, 6.45) is 4.37. The number of rotatable bonds is 2. The van der Waals surface area contributed by atoms with Gasteiger partial charge in [0.05, 0.1) is 0 Å². The Morgan fingerprint density at radius 1 is 0.846 bits per heavy atom. The Morgan fingerprint density at radius 3 is 2.38 bits per heavy atom. The first kappa shape index (κ1) is 8.55. The first-order valence-electron chi connectivity index (χ1n) is 4.22. The van der Waals surface area contributed by atoms with E-state index in [1.165, 1.54) is 10.0 Å². The third-order valence-corrected chi connectivity index (χ3v) is 3.54. The zero-order chi connectivity index (χ0) is 8.93. The molecule has 64 valence electrons. The van der Waals surface area contributed by atoms with Crippen LogP contribution in [0, 0.1) is 0 Å². The van der Waals surface area contributed by atoms with E-state index in [0.29, 0.717) is 14.5 Å². The van der Waals surface area contributed by atoms with Crippen LogP contribution in [0.4, 0.5) is 0 Å². The van der Waals surface area contributed by atoms with Crippen LogP contribution in [0.5, 0.6) is 0 Å². The molecule has 1 heteroatoms. The molecule has 2 aromatic rings. The van der Waals surface area contributed by atoms with Crippen LogP contribution in [0.3, 0.4) is 0 Å². The van der Waals surface area contributed by atoms with E-state index < -0.39 is 0 Å². The molecule has 1 aromatic carbocycles. The van der Waals surface area contributed by atoms with Crippen molar-refractivity contribution in [3.63, 3.8) is 0 Å². The minimum atomic E-state index is 0.561. The minimum absolute atomic E-state index is 0.561. The molecular formula is C12H10Se. The van der Waals surface area contributed by atoms with E-state index in [9.17, 15) is 0 Å². The summed E-state index contributed by atoms with van der Waals surface area (Å²) >= 11 is 0.561. The average molecular weight is 233 g/mol. The summed E-state index contributed by atoms with van der Waals surface area (Å²) in [5.41, 5.74) is 1.27. The van der Waals surface area contributed by atoms with Gasteiger partial charge in [-0.05, 0) is 0 Å². The third kappa shape index (κ3) is 2.45. The van der Waals surface area contributed by atoms with Crippen LogP contribution in [0.15, 0.2) is 47.4 Å². The van der Waals surface area contributed by atoms with E-state index in [0.717, 1.165) is 0 Å². The zero-order valence-electron chi connectivity index (χ0n) is 7.18. The van der Waals surface area contributed by atoms with Gasteiger partial charge in [-0.15, -0.1) is 0 Å². The van der Waals surface area contributed by atoms with Gasteiger partial charge >= 0.3 is 84.1 Å². The van der Waals surface area contributed by atoms with Crippen molar-refractivity contribution >= 4 is 26.7 Å². The SMILES string of the molecule is C(=C/c1ccc[se]1)/c1ccccc1. The van der Waals surface area contributed by atoms with Gasteiger partial charge in [-0.25, -0.2) is 0 Å². The van der Waals surface area contributed by atoms with Gasteiger partial charge in [0.1, 0.15) is 0 Å². The van der Waals surface area contributed by atoms with Gasteiger partial charge in [0, 0.05) is 0 Å². The molecule has 1 heterocycles. The molecule has 0 bridgehead atoms. The molecule has 0 aliphatic carbocycles. The normalized spacial score (nSPS) is 10.8. The van der Waals surface area contributed by atoms with Crippen molar-refractivity contribution < 1.29 is 0 Å². The van der Waals surface area contributed by atoms with Crippen LogP contribution in [0.2, 0.25) is 0 Å². The van der Waals surface area contributed by atoms with Gasteiger partial charge in [0.25, 0.3) is 0 Å². The second-order valence-electron chi connectivity index (χ2n) is 2.76. The van der Waals surface area contributed by atoms with Crippen molar-refractivity contribution in [1.82, 2.24) is 0 Å². The van der Waals surface area contributed by atoms with Crippen LogP contribution < -0.4 is 0 Å². The van der Waals surface area contributed by atoms with E-state index >= 15 is 0 Å². The molecule has 13 heavy (non-hydrogen) atoms. The first-order chi connectivity index (χ1) is 6.45. The predicted molar refractivity (Wildman–Crippen MR) is 58.8 cm³/mol. The summed E-state index contributed by atoms with van der Waals surface area (Å²) in [6.45, 7) is 0. The van der Waals surface area contributed by atoms with Gasteiger partial charge in [-0.2, -0.15) is 0 Å². The molecule has 0 amide bonds. The molecule has 0 spiro atoms. The van der Waals surface area contributed by atoms with Crippen molar-refractivity contribution in [3.8, 4) is 0 Å². The van der Waals surface area contributed by atoms with E-state index in [-0.39, 0.29) is 0 Å². The fourth-order valence-electron chi connectivity index (χ4n) is 1.13. The summed E-state index contributed by atoms with van der Waals surface area (Å²) in [7, 11) is 0. The molecule has 0 fully saturated rings. The quantitative estimate of drug-likeness (QED) is 0.699. The Hall–Kier alpha value is -1.04. The van der Waals surface area contributed by atoms with Crippen molar-refractivity contribution in [2.45, 2.75) is 0 Å². The van der Waals surface area contributed by atoms with E-state index in [1.807, 2.05) is 6.07 Å². The van der Waals surface area contributed by atoms with E-state index in [2.05, 4.69) is 53.5 Å². The second kappa shape index (κ2) is 4.27. The monoisotopic (exact) mass is 234 g/mol. The Kier molecular flexibility index (Phi) is 2.81. The summed E-state index contributed by atoms with van der Waals surface area (Å²) in [6, 6.07) is 14.7. The second-order valence-corrected chi connectivity index (χ2v) is 4.81. The van der Waals surface area contributed by atoms with Gasteiger partial charge < -0.3 is 0 Å². The molecule has 0 radical (unpaired) electrons. The van der Waals surface area contributed by atoms with Crippen molar-refractivity contribution in [1.29, 1.82) is 0 Å². The Labute approximate surface area is 84.3 Å². The van der Waals surface area contributed by atoms with Gasteiger partial charge in [-0.1, -0.05) is 0 Å². The van der Waals surface area contributed by atoms with E-state index in [1.54, 1.807) is 0 Å². The maximum atomic E-state index is 2.23. The molecule has 0 nitrogen and oxygen atoms in total. The van der Waals surface area contributed by atoms with Crippen molar-refractivity contribution in [3.05, 3.63) is 57.4 Å². The molecule has 1 aromatic heterocycles. The van der Waals surface area contributed by atoms with Gasteiger partial charge in [0.15, 0.2) is 0 Å². The predicted octanol–water partition coefficient (Wildman–Crippen LogP) is 2.91. The van der Waals surface area contributed by atoms with Crippen LogP contribution >= 0.6 is 0 Å². The fourth-order valence-corrected chi connectivity index (χ4v) is 2.43. The molecule has 0 atom stereocenters. The molecule has 0 N–H and O–H groups in total. The third-order valence-electron chi connectivity index (χ3n) is 1.78. The number of hydrogen-bond acceptors (Lipinski definition) is 0. The molecular weight excluding hydrogens is 223 g/mol. The molecule has 0 aliphatic heterocycles. The first-order valence-corrected chi connectivity index (χ1v) is 6.06. The summed E-state index contributed by atoms with van der Waals surface area (Å²) in [5, 5.41) is 0. The summed E-state index contributed by atoms with van der Waals surface area (Å²) < 4.78 is 1.44. The zero-order valence-corrected chi connectivity index (χ0v) is 8.89. The fraction of sp³-hybridized carbons (Fsp3) is 0. The van der Waals surface area contributed by atoms with Crippen LogP contribution in [0.25, 0.3) is 12.2 Å². The summed E-state index contributed by atoms with van der Waals surface area (Å²) in [5.74, 6) is 0. The maximum absolute atomic E-state index is 2.23. The standard InChI is InChI=1S/C12H10Se/c1-2-5-11(6-3-1)8-9-12-7-4-10-13-12/h1-10H/b9-8-. The molecule has 2 rings (SSSR count). The molecule has 0 aliphatic rings. The van der Waals surface area contributed by atoms with Crippen LogP contribution in [0.1, 0.15) is 10.0 Å².